The quantitative estimate of drug-likeness (QED) is 0.529. The van der Waals surface area contributed by atoms with Crippen LogP contribution < -0.4 is 0 Å². The van der Waals surface area contributed by atoms with E-state index in [1.165, 1.54) is 49.5 Å². The third-order valence-corrected chi connectivity index (χ3v) is 5.44. The maximum absolute atomic E-state index is 4.83. The van der Waals surface area contributed by atoms with Crippen LogP contribution in [0.25, 0.3) is 21.7 Å². The van der Waals surface area contributed by atoms with E-state index in [4.69, 9.17) is 4.98 Å². The lowest BCUT2D eigenvalue weighted by Gasteiger charge is -2.20. The lowest BCUT2D eigenvalue weighted by molar-refractivity contribution is 1.05. The summed E-state index contributed by atoms with van der Waals surface area (Å²) in [7, 11) is 0. The lowest BCUT2D eigenvalue weighted by Crippen LogP contribution is -2.03. The van der Waals surface area contributed by atoms with Crippen molar-refractivity contribution in [3.05, 3.63) is 44.9 Å². The van der Waals surface area contributed by atoms with Gasteiger partial charge in [0.25, 0.3) is 0 Å². The molecular weight excluding hydrogens is 268 g/mol. The van der Waals surface area contributed by atoms with Crippen molar-refractivity contribution in [2.75, 3.05) is 0 Å². The molecule has 2 nitrogen and oxygen atoms in total. The fraction of sp³-hybridized carbons (Fsp3) is 0.400. The zero-order valence-electron chi connectivity index (χ0n) is 14.9. The van der Waals surface area contributed by atoms with E-state index < -0.39 is 0 Å². The van der Waals surface area contributed by atoms with Crippen molar-refractivity contribution >= 4 is 21.7 Å². The highest BCUT2D eigenvalue weighted by molar-refractivity contribution is 6.12. The van der Waals surface area contributed by atoms with E-state index >= 15 is 0 Å². The van der Waals surface area contributed by atoms with Crippen LogP contribution in [0.15, 0.2) is 0 Å². The highest BCUT2D eigenvalue weighted by atomic mass is 14.9. The Hall–Kier alpha value is -1.96. The molecule has 2 aromatic carbocycles. The molecule has 0 aliphatic heterocycles. The normalized spacial score (nSPS) is 11.6. The first-order valence-electron chi connectivity index (χ1n) is 7.89. The molecule has 1 aromatic heterocycles. The van der Waals surface area contributed by atoms with E-state index in [1.54, 1.807) is 0 Å². The van der Waals surface area contributed by atoms with Crippen LogP contribution in [-0.2, 0) is 0 Å². The van der Waals surface area contributed by atoms with Crippen LogP contribution in [-0.4, -0.2) is 9.97 Å². The molecule has 22 heavy (non-hydrogen) atoms. The number of fused-ring (bicyclic) bond motifs is 3. The second kappa shape index (κ2) is 4.77. The molecule has 0 saturated heterocycles. The Morgan fingerprint density at radius 2 is 0.909 bits per heavy atom. The fourth-order valence-electron chi connectivity index (χ4n) is 3.79. The van der Waals surface area contributed by atoms with Crippen molar-refractivity contribution in [1.29, 1.82) is 0 Å². The third-order valence-electron chi connectivity index (χ3n) is 5.44. The Balaban J connectivity index is 2.80. The molecule has 2 heteroatoms. The Bertz CT molecular complexity index is 950. The molecular formula is C20H24N2. The number of aryl methyl sites for hydroxylation is 6. The number of rotatable bonds is 0. The minimum absolute atomic E-state index is 0.852. The van der Waals surface area contributed by atoms with Gasteiger partial charge >= 0.3 is 0 Å². The monoisotopic (exact) mass is 292 g/mol. The van der Waals surface area contributed by atoms with Crippen molar-refractivity contribution in [2.24, 2.45) is 0 Å². The minimum Gasteiger partial charge on any atom is -0.238 e. The van der Waals surface area contributed by atoms with Gasteiger partial charge in [-0.15, -0.1) is 0 Å². The minimum atomic E-state index is 0.852. The Morgan fingerprint density at radius 1 is 0.455 bits per heavy atom. The van der Waals surface area contributed by atoms with E-state index in [1.807, 2.05) is 6.92 Å². The SMILES string of the molecule is Cc1nc(C)c2c(C)c(C)c3c(C)c(C)c(C)c(C)c3c2n1. The average molecular weight is 292 g/mol. The van der Waals surface area contributed by atoms with Gasteiger partial charge in [-0.2, -0.15) is 0 Å². The molecule has 0 amide bonds. The lowest BCUT2D eigenvalue weighted by atomic mass is 9.85. The Morgan fingerprint density at radius 3 is 1.50 bits per heavy atom. The zero-order chi connectivity index (χ0) is 16.3. The molecule has 0 radical (unpaired) electrons. The summed E-state index contributed by atoms with van der Waals surface area (Å²) in [5, 5.41) is 3.91. The summed E-state index contributed by atoms with van der Waals surface area (Å²) in [6, 6.07) is 0. The number of hydrogen-bond donors (Lipinski definition) is 0. The van der Waals surface area contributed by atoms with Crippen LogP contribution in [0.1, 0.15) is 44.9 Å². The van der Waals surface area contributed by atoms with Crippen molar-refractivity contribution in [3.63, 3.8) is 0 Å². The summed E-state index contributed by atoms with van der Waals surface area (Å²) in [5.41, 5.74) is 10.4. The first kappa shape index (κ1) is 15.0. The van der Waals surface area contributed by atoms with Crippen molar-refractivity contribution in [3.8, 4) is 0 Å². The van der Waals surface area contributed by atoms with Gasteiger partial charge in [0.2, 0.25) is 0 Å². The van der Waals surface area contributed by atoms with E-state index in [-0.39, 0.29) is 0 Å². The summed E-state index contributed by atoms with van der Waals surface area (Å²) in [6.07, 6.45) is 0. The molecule has 114 valence electrons. The summed E-state index contributed by atoms with van der Waals surface area (Å²) in [6.45, 7) is 17.4. The Labute approximate surface area is 132 Å². The fourth-order valence-corrected chi connectivity index (χ4v) is 3.79. The molecule has 0 spiro atoms. The van der Waals surface area contributed by atoms with Crippen LogP contribution in [0.3, 0.4) is 0 Å². The van der Waals surface area contributed by atoms with Crippen molar-refractivity contribution in [2.45, 2.75) is 55.4 Å². The predicted octanol–water partition coefficient (Wildman–Crippen LogP) is 5.25. The first-order valence-corrected chi connectivity index (χ1v) is 7.89. The number of hydrogen-bond acceptors (Lipinski definition) is 2. The highest BCUT2D eigenvalue weighted by Gasteiger charge is 2.18. The molecule has 3 rings (SSSR count). The van der Waals surface area contributed by atoms with Gasteiger partial charge in [-0.3, -0.25) is 0 Å². The Kier molecular flexibility index (Phi) is 3.24. The maximum Gasteiger partial charge on any atom is 0.126 e. The topological polar surface area (TPSA) is 25.8 Å². The second-order valence-electron chi connectivity index (χ2n) is 6.58. The summed E-state index contributed by atoms with van der Waals surface area (Å²) < 4.78 is 0. The van der Waals surface area contributed by atoms with E-state index in [9.17, 15) is 0 Å². The van der Waals surface area contributed by atoms with Crippen LogP contribution in [0.4, 0.5) is 0 Å². The molecule has 0 saturated carbocycles. The standard InChI is InChI=1S/C20H24N2/c1-9-10(2)12(4)19-17(11(9)3)13(5)14(6)18-15(7)21-16(8)22-20(18)19/h1-8H3. The highest BCUT2D eigenvalue weighted by Crippen LogP contribution is 2.38. The summed E-state index contributed by atoms with van der Waals surface area (Å²) in [4.78, 5) is 9.42. The van der Waals surface area contributed by atoms with Crippen LogP contribution >= 0.6 is 0 Å². The molecule has 3 aromatic rings. The van der Waals surface area contributed by atoms with E-state index in [2.05, 4.69) is 53.5 Å². The third kappa shape index (κ3) is 1.79. The predicted molar refractivity (Wildman–Crippen MR) is 94.9 cm³/mol. The van der Waals surface area contributed by atoms with Gasteiger partial charge < -0.3 is 0 Å². The van der Waals surface area contributed by atoms with Gasteiger partial charge in [0.1, 0.15) is 5.82 Å². The molecule has 0 N–H and O–H groups in total. The largest absolute Gasteiger partial charge is 0.238 e. The van der Waals surface area contributed by atoms with Crippen molar-refractivity contribution in [1.82, 2.24) is 9.97 Å². The molecule has 0 aliphatic rings. The molecule has 0 bridgehead atoms. The van der Waals surface area contributed by atoms with Gasteiger partial charge in [0.05, 0.1) is 5.52 Å². The molecule has 0 unspecified atom stereocenters. The summed E-state index contributed by atoms with van der Waals surface area (Å²) in [5.74, 6) is 0.852. The van der Waals surface area contributed by atoms with E-state index in [0.717, 1.165) is 17.0 Å². The zero-order valence-corrected chi connectivity index (χ0v) is 14.9. The number of benzene rings is 2. The summed E-state index contributed by atoms with van der Waals surface area (Å²) >= 11 is 0. The molecule has 0 fully saturated rings. The molecule has 0 atom stereocenters. The maximum atomic E-state index is 4.83. The number of nitrogens with zero attached hydrogens (tertiary/aromatic N) is 2. The van der Waals surface area contributed by atoms with Crippen LogP contribution in [0, 0.1) is 55.4 Å². The van der Waals surface area contributed by atoms with Gasteiger partial charge in [-0.05, 0) is 94.2 Å². The number of aromatic nitrogens is 2. The van der Waals surface area contributed by atoms with Gasteiger partial charge in [0, 0.05) is 16.5 Å². The molecule has 0 aliphatic carbocycles. The van der Waals surface area contributed by atoms with Gasteiger partial charge in [-0.1, -0.05) is 0 Å². The van der Waals surface area contributed by atoms with Gasteiger partial charge in [-0.25, -0.2) is 9.97 Å². The van der Waals surface area contributed by atoms with Crippen LogP contribution in [0.5, 0.6) is 0 Å². The van der Waals surface area contributed by atoms with Crippen molar-refractivity contribution < 1.29 is 0 Å². The average Bonchev–Trinajstić information content (AvgIpc) is 2.45. The van der Waals surface area contributed by atoms with E-state index in [0.29, 0.717) is 0 Å². The molecule has 1 heterocycles. The first-order chi connectivity index (χ1) is 10.3. The van der Waals surface area contributed by atoms with Gasteiger partial charge in [0.15, 0.2) is 0 Å². The second-order valence-corrected chi connectivity index (χ2v) is 6.58. The van der Waals surface area contributed by atoms with Crippen LogP contribution in [0.2, 0.25) is 0 Å². The smallest absolute Gasteiger partial charge is 0.126 e.